The number of benzene rings is 3. The second kappa shape index (κ2) is 13.4. The molecular weight excluding hydrogens is 578 g/mol. The van der Waals surface area contributed by atoms with Gasteiger partial charge in [0.2, 0.25) is 0 Å². The minimum absolute atomic E-state index is 0.131. The van der Waals surface area contributed by atoms with Gasteiger partial charge in [-0.3, -0.25) is 9.36 Å². The number of methoxy groups -OCH3 is 1. The second-order valence-corrected chi connectivity index (χ2v) is 10.7. The fraction of sp³-hybridized carbons (Fsp3) is 0.235. The topological polar surface area (TPSA) is 112 Å². The van der Waals surface area contributed by atoms with Crippen LogP contribution in [0.3, 0.4) is 0 Å². The number of fused-ring (bicyclic) bond motifs is 1. The molecule has 0 bridgehead atoms. The normalized spacial score (nSPS) is 14.3. The highest BCUT2D eigenvalue weighted by Gasteiger charge is 2.33. The van der Waals surface area contributed by atoms with E-state index in [2.05, 4.69) is 11.1 Å². The highest BCUT2D eigenvalue weighted by atomic mass is 32.1. The maximum Gasteiger partial charge on any atom is 0.338 e. The SMILES string of the molecule is CCOC(=O)C1=C(C)N=c2s/c(=C\c3cccc(OC)c3OCc3ccccc3C#N)c(=O)n2[C@H]1c1ccc(OCC)cc1. The van der Waals surface area contributed by atoms with E-state index in [0.717, 1.165) is 11.1 Å². The molecule has 4 aromatic rings. The van der Waals surface area contributed by atoms with Crippen LogP contribution in [0.5, 0.6) is 17.2 Å². The van der Waals surface area contributed by atoms with Crippen LogP contribution >= 0.6 is 11.3 Å². The van der Waals surface area contributed by atoms with Crippen molar-refractivity contribution in [2.45, 2.75) is 33.4 Å². The molecule has 0 radical (unpaired) electrons. The summed E-state index contributed by atoms with van der Waals surface area (Å²) < 4.78 is 24.7. The molecule has 0 unspecified atom stereocenters. The second-order valence-electron chi connectivity index (χ2n) is 9.74. The van der Waals surface area contributed by atoms with Crippen molar-refractivity contribution < 1.29 is 23.7 Å². The van der Waals surface area contributed by atoms with Crippen LogP contribution in [0, 0.1) is 11.3 Å². The van der Waals surface area contributed by atoms with Gasteiger partial charge in [-0.1, -0.05) is 53.8 Å². The molecule has 224 valence electrons. The number of carbonyl (C=O) groups is 1. The molecule has 1 aromatic heterocycles. The number of ether oxygens (including phenoxy) is 4. The fourth-order valence-corrected chi connectivity index (χ4v) is 6.07. The standard InChI is InChI=1S/C34H31N3O6S/c1-5-41-26-16-14-22(15-17-26)30-29(33(39)42-6-2)21(3)36-34-37(30)32(38)28(44-34)18-23-12-9-13-27(40-4)31(23)43-20-25-11-8-7-10-24(25)19-35/h7-18,30H,5-6,20H2,1-4H3/b28-18-/t30-/m0/s1. The van der Waals surface area contributed by atoms with E-state index in [1.54, 1.807) is 45.2 Å². The molecular formula is C34H31N3O6S. The average molecular weight is 610 g/mol. The number of para-hydroxylation sites is 1. The number of hydrogen-bond donors (Lipinski definition) is 0. The van der Waals surface area contributed by atoms with Crippen LogP contribution in [0.1, 0.15) is 49.1 Å². The van der Waals surface area contributed by atoms with E-state index in [-0.39, 0.29) is 18.8 Å². The number of nitriles is 1. The van der Waals surface area contributed by atoms with Crippen molar-refractivity contribution >= 4 is 23.4 Å². The Hall–Kier alpha value is -5.14. The van der Waals surface area contributed by atoms with Crippen LogP contribution in [0.4, 0.5) is 0 Å². The highest BCUT2D eigenvalue weighted by molar-refractivity contribution is 7.07. The molecule has 0 aliphatic carbocycles. The van der Waals surface area contributed by atoms with Gasteiger partial charge in [-0.15, -0.1) is 0 Å². The van der Waals surface area contributed by atoms with Gasteiger partial charge in [0.05, 0.1) is 53.8 Å². The summed E-state index contributed by atoms with van der Waals surface area (Å²) in [6.07, 6.45) is 1.73. The van der Waals surface area contributed by atoms with Crippen molar-refractivity contribution in [1.82, 2.24) is 4.57 Å². The quantitative estimate of drug-likeness (QED) is 0.241. The van der Waals surface area contributed by atoms with Crippen LogP contribution < -0.4 is 29.1 Å². The van der Waals surface area contributed by atoms with Gasteiger partial charge in [-0.25, -0.2) is 9.79 Å². The predicted octanol–water partition coefficient (Wildman–Crippen LogP) is 4.66. The molecule has 2 heterocycles. The number of allylic oxidation sites excluding steroid dienone is 1. The highest BCUT2D eigenvalue weighted by Crippen LogP contribution is 2.34. The Morgan fingerprint density at radius 2 is 1.82 bits per heavy atom. The summed E-state index contributed by atoms with van der Waals surface area (Å²) in [5.41, 5.74) is 3.05. The average Bonchev–Trinajstić information content (AvgIpc) is 3.34. The van der Waals surface area contributed by atoms with E-state index in [4.69, 9.17) is 18.9 Å². The number of rotatable bonds is 10. The molecule has 5 rings (SSSR count). The first-order valence-electron chi connectivity index (χ1n) is 14.1. The summed E-state index contributed by atoms with van der Waals surface area (Å²) in [4.78, 5) is 32.4. The molecule has 44 heavy (non-hydrogen) atoms. The summed E-state index contributed by atoms with van der Waals surface area (Å²) in [7, 11) is 1.54. The first kappa shape index (κ1) is 30.3. The Morgan fingerprint density at radius 1 is 1.05 bits per heavy atom. The van der Waals surface area contributed by atoms with Gasteiger partial charge in [-0.2, -0.15) is 5.26 Å². The zero-order valence-electron chi connectivity index (χ0n) is 24.8. The minimum Gasteiger partial charge on any atom is -0.494 e. The van der Waals surface area contributed by atoms with Gasteiger partial charge in [0.1, 0.15) is 12.4 Å². The first-order chi connectivity index (χ1) is 21.4. The maximum absolute atomic E-state index is 14.1. The number of carbonyl (C=O) groups excluding carboxylic acids is 1. The van der Waals surface area contributed by atoms with Crippen molar-refractivity contribution in [3.05, 3.63) is 120 Å². The van der Waals surface area contributed by atoms with Crippen molar-refractivity contribution in [2.24, 2.45) is 4.99 Å². The lowest BCUT2D eigenvalue weighted by molar-refractivity contribution is -0.139. The lowest BCUT2D eigenvalue weighted by atomic mass is 9.96. The van der Waals surface area contributed by atoms with Crippen molar-refractivity contribution in [3.63, 3.8) is 0 Å². The van der Waals surface area contributed by atoms with Crippen LogP contribution in [-0.2, 0) is 16.1 Å². The zero-order chi connectivity index (χ0) is 31.2. The van der Waals surface area contributed by atoms with E-state index >= 15 is 0 Å². The third-order valence-corrected chi connectivity index (χ3v) is 8.03. The fourth-order valence-electron chi connectivity index (χ4n) is 5.03. The number of esters is 1. The maximum atomic E-state index is 14.1. The van der Waals surface area contributed by atoms with E-state index in [1.807, 2.05) is 55.5 Å². The van der Waals surface area contributed by atoms with Crippen molar-refractivity contribution in [1.29, 1.82) is 5.26 Å². The Bertz CT molecular complexity index is 1950. The molecule has 0 fully saturated rings. The third-order valence-electron chi connectivity index (χ3n) is 7.05. The molecule has 0 saturated heterocycles. The Morgan fingerprint density at radius 3 is 2.52 bits per heavy atom. The molecule has 0 spiro atoms. The predicted molar refractivity (Wildman–Crippen MR) is 166 cm³/mol. The molecule has 1 atom stereocenters. The van der Waals surface area contributed by atoms with Crippen LogP contribution in [0.15, 0.2) is 87.8 Å². The number of nitrogens with zero attached hydrogens (tertiary/aromatic N) is 3. The lowest BCUT2D eigenvalue weighted by Gasteiger charge is -2.24. The Kier molecular flexibility index (Phi) is 9.26. The summed E-state index contributed by atoms with van der Waals surface area (Å²) in [5, 5.41) is 9.50. The largest absolute Gasteiger partial charge is 0.494 e. The van der Waals surface area contributed by atoms with Crippen LogP contribution in [-0.4, -0.2) is 30.9 Å². The lowest BCUT2D eigenvalue weighted by Crippen LogP contribution is -2.39. The van der Waals surface area contributed by atoms with Gasteiger partial charge in [0, 0.05) is 11.1 Å². The zero-order valence-corrected chi connectivity index (χ0v) is 25.6. The Balaban J connectivity index is 1.63. The van der Waals surface area contributed by atoms with Crippen LogP contribution in [0.2, 0.25) is 0 Å². The van der Waals surface area contributed by atoms with Crippen LogP contribution in [0.25, 0.3) is 6.08 Å². The van der Waals surface area contributed by atoms with Gasteiger partial charge in [-0.05, 0) is 56.7 Å². The molecule has 1 aliphatic heterocycles. The van der Waals surface area contributed by atoms with Gasteiger partial charge < -0.3 is 18.9 Å². The van der Waals surface area contributed by atoms with E-state index in [1.165, 1.54) is 15.9 Å². The summed E-state index contributed by atoms with van der Waals surface area (Å²) in [6.45, 7) is 6.22. The van der Waals surface area contributed by atoms with E-state index in [0.29, 0.717) is 55.6 Å². The first-order valence-corrected chi connectivity index (χ1v) is 14.9. The van der Waals surface area contributed by atoms with E-state index in [9.17, 15) is 14.9 Å². The van der Waals surface area contributed by atoms with Gasteiger partial charge >= 0.3 is 5.97 Å². The van der Waals surface area contributed by atoms with E-state index < -0.39 is 12.0 Å². The minimum atomic E-state index is -0.744. The summed E-state index contributed by atoms with van der Waals surface area (Å²) >= 11 is 1.22. The van der Waals surface area contributed by atoms with Crippen molar-refractivity contribution in [3.8, 4) is 23.3 Å². The smallest absolute Gasteiger partial charge is 0.338 e. The molecule has 0 amide bonds. The summed E-state index contributed by atoms with van der Waals surface area (Å²) in [5.74, 6) is 1.07. The molecule has 3 aromatic carbocycles. The Labute approximate surface area is 258 Å². The third kappa shape index (κ3) is 6.00. The van der Waals surface area contributed by atoms with Gasteiger partial charge in [0.15, 0.2) is 16.3 Å². The molecule has 9 nitrogen and oxygen atoms in total. The number of aromatic nitrogens is 1. The molecule has 10 heteroatoms. The summed E-state index contributed by atoms with van der Waals surface area (Å²) in [6, 6.07) is 21.4. The molecule has 0 N–H and O–H groups in total. The van der Waals surface area contributed by atoms with Gasteiger partial charge in [0.25, 0.3) is 5.56 Å². The monoisotopic (exact) mass is 609 g/mol. The number of hydrogen-bond acceptors (Lipinski definition) is 9. The molecule has 1 aliphatic rings. The number of thiazole rings is 1. The molecule has 0 saturated carbocycles. The van der Waals surface area contributed by atoms with Crippen molar-refractivity contribution in [2.75, 3.05) is 20.3 Å².